The number of hydrogen-bond donors (Lipinski definition) is 1. The molecule has 0 spiro atoms. The van der Waals surface area contributed by atoms with Crippen molar-refractivity contribution in [1.29, 1.82) is 0 Å². The van der Waals surface area contributed by atoms with Gasteiger partial charge in [0, 0.05) is 30.3 Å². The lowest BCUT2D eigenvalue weighted by atomic mass is 10.1. The van der Waals surface area contributed by atoms with Gasteiger partial charge >= 0.3 is 0 Å². The maximum absolute atomic E-state index is 13.2. The molecular formula is C30H42N6O2. The molecule has 204 valence electrons. The van der Waals surface area contributed by atoms with Gasteiger partial charge in [0.2, 0.25) is 11.9 Å². The second kappa shape index (κ2) is 13.0. The molecule has 1 aliphatic heterocycles. The minimum absolute atomic E-state index is 0.0433. The molecule has 2 aromatic heterocycles. The van der Waals surface area contributed by atoms with Crippen LogP contribution in [0, 0.1) is 5.92 Å². The number of nitrogens with zero attached hydrogens (tertiary/aromatic N) is 5. The van der Waals surface area contributed by atoms with Crippen molar-refractivity contribution in [3.8, 4) is 0 Å². The summed E-state index contributed by atoms with van der Waals surface area (Å²) in [4.78, 5) is 39.1. The van der Waals surface area contributed by atoms with Gasteiger partial charge in [-0.05, 0) is 95.1 Å². The van der Waals surface area contributed by atoms with Crippen LogP contribution in [0.4, 0.5) is 17.5 Å². The Hall–Kier alpha value is -3.26. The summed E-state index contributed by atoms with van der Waals surface area (Å²) in [5, 5.41) is 3.45. The van der Waals surface area contributed by atoms with E-state index in [0.717, 1.165) is 49.2 Å². The Morgan fingerprint density at radius 1 is 1.00 bits per heavy atom. The van der Waals surface area contributed by atoms with Gasteiger partial charge in [-0.2, -0.15) is 0 Å². The van der Waals surface area contributed by atoms with E-state index in [2.05, 4.69) is 21.7 Å². The molecule has 1 N–H and O–H groups in total. The number of likely N-dealkylation sites (tertiary alicyclic amines) is 1. The van der Waals surface area contributed by atoms with Crippen molar-refractivity contribution in [2.75, 3.05) is 36.4 Å². The summed E-state index contributed by atoms with van der Waals surface area (Å²) in [5.41, 5.74) is 3.12. The van der Waals surface area contributed by atoms with E-state index in [1.807, 2.05) is 55.1 Å². The average Bonchev–Trinajstić information content (AvgIpc) is 3.27. The van der Waals surface area contributed by atoms with Crippen LogP contribution < -0.4 is 10.2 Å². The van der Waals surface area contributed by atoms with E-state index >= 15 is 0 Å². The maximum atomic E-state index is 13.2. The SMILES string of the molecule is CCCN(C(=O)C(C)CC)c1ccc2nc(Nc3ccc(C(C)=O)cc3)n(CCCN3CCCCC3)c2n1. The van der Waals surface area contributed by atoms with Gasteiger partial charge in [-0.15, -0.1) is 0 Å². The Balaban J connectivity index is 1.66. The second-order valence-corrected chi connectivity index (χ2v) is 10.4. The lowest BCUT2D eigenvalue weighted by Crippen LogP contribution is -2.36. The molecule has 0 aliphatic carbocycles. The smallest absolute Gasteiger partial charge is 0.230 e. The Bertz CT molecular complexity index is 1230. The van der Waals surface area contributed by atoms with E-state index in [1.54, 1.807) is 6.92 Å². The third kappa shape index (κ3) is 6.59. The number of aryl methyl sites for hydroxylation is 1. The molecule has 1 atom stereocenters. The predicted molar refractivity (Wildman–Crippen MR) is 154 cm³/mol. The van der Waals surface area contributed by atoms with E-state index < -0.39 is 0 Å². The summed E-state index contributed by atoms with van der Waals surface area (Å²) in [6, 6.07) is 11.3. The molecule has 1 aliphatic rings. The number of piperidine rings is 1. The van der Waals surface area contributed by atoms with Gasteiger partial charge in [-0.1, -0.05) is 27.2 Å². The fourth-order valence-corrected chi connectivity index (χ4v) is 5.00. The van der Waals surface area contributed by atoms with Crippen molar-refractivity contribution < 1.29 is 9.59 Å². The molecule has 0 saturated carbocycles. The molecule has 1 amide bonds. The number of Topliss-reactive ketones (excluding diaryl/α,β-unsaturated/α-hetero) is 1. The van der Waals surface area contributed by atoms with Gasteiger partial charge < -0.3 is 10.2 Å². The molecule has 1 fully saturated rings. The second-order valence-electron chi connectivity index (χ2n) is 10.4. The van der Waals surface area contributed by atoms with Gasteiger partial charge in [0.05, 0.1) is 0 Å². The minimum Gasteiger partial charge on any atom is -0.326 e. The average molecular weight is 519 g/mol. The van der Waals surface area contributed by atoms with Crippen molar-refractivity contribution in [2.45, 2.75) is 72.8 Å². The van der Waals surface area contributed by atoms with Gasteiger partial charge in [-0.3, -0.25) is 19.1 Å². The van der Waals surface area contributed by atoms with Crippen LogP contribution in [0.2, 0.25) is 0 Å². The Morgan fingerprint density at radius 2 is 1.74 bits per heavy atom. The molecular weight excluding hydrogens is 476 g/mol. The van der Waals surface area contributed by atoms with Crippen LogP contribution in [0.3, 0.4) is 0 Å². The molecule has 3 heterocycles. The van der Waals surface area contributed by atoms with Gasteiger partial charge in [-0.25, -0.2) is 9.97 Å². The van der Waals surface area contributed by atoms with Gasteiger partial charge in [0.1, 0.15) is 11.3 Å². The van der Waals surface area contributed by atoms with E-state index in [4.69, 9.17) is 9.97 Å². The van der Waals surface area contributed by atoms with Gasteiger partial charge in [0.25, 0.3) is 0 Å². The number of ketones is 1. The third-order valence-electron chi connectivity index (χ3n) is 7.45. The van der Waals surface area contributed by atoms with Crippen molar-refractivity contribution in [3.63, 3.8) is 0 Å². The number of amides is 1. The van der Waals surface area contributed by atoms with Crippen LogP contribution in [-0.4, -0.2) is 57.3 Å². The van der Waals surface area contributed by atoms with Crippen LogP contribution in [0.15, 0.2) is 36.4 Å². The highest BCUT2D eigenvalue weighted by molar-refractivity contribution is 5.95. The Kier molecular flexibility index (Phi) is 9.50. The standard InChI is InChI=1S/C30H42N6O2/c1-5-17-35(29(38)22(3)6-2)27-16-15-26-28(33-27)36(21-10-20-34-18-8-7-9-19-34)30(32-26)31-25-13-11-24(12-14-25)23(4)37/h11-16,22H,5-10,17-21H2,1-4H3,(H,31,32). The molecule has 38 heavy (non-hydrogen) atoms. The number of imidazole rings is 1. The van der Waals surface area contributed by atoms with Crippen molar-refractivity contribution in [2.24, 2.45) is 5.92 Å². The lowest BCUT2D eigenvalue weighted by molar-refractivity contribution is -0.122. The van der Waals surface area contributed by atoms with Crippen molar-refractivity contribution >= 4 is 40.3 Å². The number of aromatic nitrogens is 3. The summed E-state index contributed by atoms with van der Waals surface area (Å²) in [6.45, 7) is 12.5. The monoisotopic (exact) mass is 518 g/mol. The molecule has 1 saturated heterocycles. The zero-order chi connectivity index (χ0) is 27.1. The Labute approximate surface area is 226 Å². The number of pyridine rings is 1. The molecule has 0 radical (unpaired) electrons. The van der Waals surface area contributed by atoms with Crippen LogP contribution >= 0.6 is 0 Å². The highest BCUT2D eigenvalue weighted by Crippen LogP contribution is 2.26. The van der Waals surface area contributed by atoms with E-state index in [1.165, 1.54) is 32.4 Å². The summed E-state index contributed by atoms with van der Waals surface area (Å²) in [5.74, 6) is 1.50. The summed E-state index contributed by atoms with van der Waals surface area (Å²) in [7, 11) is 0. The number of fused-ring (bicyclic) bond motifs is 1. The number of rotatable bonds is 12. The number of nitrogens with one attached hydrogen (secondary N) is 1. The topological polar surface area (TPSA) is 83.4 Å². The Morgan fingerprint density at radius 3 is 2.39 bits per heavy atom. The summed E-state index contributed by atoms with van der Waals surface area (Å²) in [6.07, 6.45) is 6.53. The first kappa shape index (κ1) is 27.8. The molecule has 3 aromatic rings. The maximum Gasteiger partial charge on any atom is 0.230 e. The van der Waals surface area contributed by atoms with E-state index in [-0.39, 0.29) is 17.6 Å². The quantitative estimate of drug-likeness (QED) is 0.294. The summed E-state index contributed by atoms with van der Waals surface area (Å²) >= 11 is 0. The highest BCUT2D eigenvalue weighted by atomic mass is 16.2. The first-order valence-electron chi connectivity index (χ1n) is 14.2. The van der Waals surface area contributed by atoms with Crippen LogP contribution in [0.25, 0.3) is 11.2 Å². The normalized spacial score (nSPS) is 14.9. The number of benzene rings is 1. The predicted octanol–water partition coefficient (Wildman–Crippen LogP) is 6.04. The lowest BCUT2D eigenvalue weighted by Gasteiger charge is -2.26. The highest BCUT2D eigenvalue weighted by Gasteiger charge is 2.23. The fourth-order valence-electron chi connectivity index (χ4n) is 5.00. The number of carbonyl (C=O) groups is 2. The number of hydrogen-bond acceptors (Lipinski definition) is 6. The van der Waals surface area contributed by atoms with Crippen LogP contribution in [0.1, 0.15) is 76.6 Å². The zero-order valence-electron chi connectivity index (χ0n) is 23.4. The largest absolute Gasteiger partial charge is 0.326 e. The van der Waals surface area contributed by atoms with E-state index in [0.29, 0.717) is 23.9 Å². The zero-order valence-corrected chi connectivity index (χ0v) is 23.4. The van der Waals surface area contributed by atoms with Crippen LogP contribution in [-0.2, 0) is 11.3 Å². The molecule has 8 heteroatoms. The van der Waals surface area contributed by atoms with Gasteiger partial charge in [0.15, 0.2) is 11.4 Å². The number of carbonyl (C=O) groups excluding carboxylic acids is 2. The number of anilines is 3. The third-order valence-corrected chi connectivity index (χ3v) is 7.45. The molecule has 1 unspecified atom stereocenters. The first-order valence-corrected chi connectivity index (χ1v) is 14.2. The first-order chi connectivity index (χ1) is 18.4. The molecule has 4 rings (SSSR count). The molecule has 8 nitrogen and oxygen atoms in total. The molecule has 0 bridgehead atoms. The van der Waals surface area contributed by atoms with Crippen LogP contribution in [0.5, 0.6) is 0 Å². The van der Waals surface area contributed by atoms with E-state index in [9.17, 15) is 9.59 Å². The minimum atomic E-state index is -0.0521. The summed E-state index contributed by atoms with van der Waals surface area (Å²) < 4.78 is 2.14. The van der Waals surface area contributed by atoms with Crippen molar-refractivity contribution in [3.05, 3.63) is 42.0 Å². The fraction of sp³-hybridized carbons (Fsp3) is 0.533. The van der Waals surface area contributed by atoms with Crippen molar-refractivity contribution in [1.82, 2.24) is 19.4 Å². The molecule has 1 aromatic carbocycles.